The molecule has 1 fully saturated rings. The second-order valence-electron chi connectivity index (χ2n) is 5.10. The van der Waals surface area contributed by atoms with Crippen molar-refractivity contribution in [1.82, 2.24) is 4.90 Å². The van der Waals surface area contributed by atoms with Crippen LogP contribution in [-0.4, -0.2) is 24.7 Å². The predicted molar refractivity (Wildman–Crippen MR) is 63.0 cm³/mol. The lowest BCUT2D eigenvalue weighted by molar-refractivity contribution is 0.204. The normalized spacial score (nSPS) is 22.1. The Bertz CT molecular complexity index is 412. The zero-order valence-electron chi connectivity index (χ0n) is 9.38. The third-order valence-corrected chi connectivity index (χ3v) is 3.88. The molecule has 1 aromatic rings. The quantitative estimate of drug-likeness (QED) is 0.773. The number of hydrogen-bond acceptors (Lipinski definition) is 2. The van der Waals surface area contributed by atoms with Gasteiger partial charge in [-0.05, 0) is 36.1 Å². The van der Waals surface area contributed by atoms with Crippen LogP contribution in [0.25, 0.3) is 0 Å². The van der Waals surface area contributed by atoms with Crippen molar-refractivity contribution in [2.24, 2.45) is 0 Å². The molecule has 1 aromatic carbocycles. The number of halogens is 1. The Morgan fingerprint density at radius 2 is 2.19 bits per heavy atom. The van der Waals surface area contributed by atoms with Gasteiger partial charge in [0.25, 0.3) is 0 Å². The molecule has 1 aliphatic carbocycles. The Morgan fingerprint density at radius 1 is 1.38 bits per heavy atom. The first-order valence-corrected chi connectivity index (χ1v) is 5.91. The third-order valence-electron chi connectivity index (χ3n) is 3.88. The van der Waals surface area contributed by atoms with E-state index in [0.29, 0.717) is 12.0 Å². The van der Waals surface area contributed by atoms with Crippen LogP contribution in [0.3, 0.4) is 0 Å². The van der Waals surface area contributed by atoms with Crippen LogP contribution in [0.15, 0.2) is 18.2 Å². The SMILES string of the molecule is Nc1ccc2c(c1)CN(CCF)CC21CC1. The van der Waals surface area contributed by atoms with Crippen LogP contribution in [-0.2, 0) is 12.0 Å². The number of alkyl halides is 1. The van der Waals surface area contributed by atoms with Gasteiger partial charge in [-0.15, -0.1) is 0 Å². The monoisotopic (exact) mass is 220 g/mol. The highest BCUT2D eigenvalue weighted by Crippen LogP contribution is 2.52. The molecule has 86 valence electrons. The van der Waals surface area contributed by atoms with Crippen LogP contribution >= 0.6 is 0 Å². The van der Waals surface area contributed by atoms with Gasteiger partial charge >= 0.3 is 0 Å². The van der Waals surface area contributed by atoms with Crippen LogP contribution in [0, 0.1) is 0 Å². The van der Waals surface area contributed by atoms with Gasteiger partial charge in [0.2, 0.25) is 0 Å². The summed E-state index contributed by atoms with van der Waals surface area (Å²) in [6.45, 7) is 2.17. The highest BCUT2D eigenvalue weighted by Gasteiger charge is 2.48. The van der Waals surface area contributed by atoms with Gasteiger partial charge in [-0.25, -0.2) is 4.39 Å². The number of rotatable bonds is 2. The van der Waals surface area contributed by atoms with Gasteiger partial charge in [0.1, 0.15) is 6.67 Å². The fourth-order valence-corrected chi connectivity index (χ4v) is 2.93. The molecule has 0 amide bonds. The van der Waals surface area contributed by atoms with E-state index in [4.69, 9.17) is 5.73 Å². The van der Waals surface area contributed by atoms with Gasteiger partial charge in [-0.1, -0.05) is 6.07 Å². The topological polar surface area (TPSA) is 29.3 Å². The second-order valence-corrected chi connectivity index (χ2v) is 5.10. The maximum absolute atomic E-state index is 12.4. The summed E-state index contributed by atoms with van der Waals surface area (Å²) in [6, 6.07) is 6.22. The van der Waals surface area contributed by atoms with E-state index in [1.54, 1.807) is 0 Å². The minimum absolute atomic E-state index is 0.256. The molecule has 0 radical (unpaired) electrons. The first-order chi connectivity index (χ1) is 7.73. The summed E-state index contributed by atoms with van der Waals surface area (Å²) in [6.07, 6.45) is 2.49. The molecule has 0 atom stereocenters. The number of hydrogen-bond donors (Lipinski definition) is 1. The van der Waals surface area contributed by atoms with E-state index in [1.807, 2.05) is 6.07 Å². The number of nitrogen functional groups attached to an aromatic ring is 1. The number of anilines is 1. The van der Waals surface area contributed by atoms with Gasteiger partial charge < -0.3 is 5.73 Å². The highest BCUT2D eigenvalue weighted by atomic mass is 19.1. The molecule has 1 heterocycles. The Labute approximate surface area is 95.2 Å². The smallest absolute Gasteiger partial charge is 0.102 e. The molecule has 3 rings (SSSR count). The Balaban J connectivity index is 1.96. The van der Waals surface area contributed by atoms with Crippen molar-refractivity contribution in [3.63, 3.8) is 0 Å². The molecule has 0 saturated heterocycles. The number of fused-ring (bicyclic) bond motifs is 2. The average molecular weight is 220 g/mol. The highest BCUT2D eigenvalue weighted by molar-refractivity contribution is 5.50. The lowest BCUT2D eigenvalue weighted by atomic mass is 9.87. The molecule has 2 nitrogen and oxygen atoms in total. The molecule has 16 heavy (non-hydrogen) atoms. The van der Waals surface area contributed by atoms with E-state index >= 15 is 0 Å². The number of benzene rings is 1. The zero-order valence-corrected chi connectivity index (χ0v) is 9.38. The van der Waals surface area contributed by atoms with Crippen molar-refractivity contribution in [2.45, 2.75) is 24.8 Å². The molecule has 1 saturated carbocycles. The van der Waals surface area contributed by atoms with Crippen LogP contribution in [0.2, 0.25) is 0 Å². The van der Waals surface area contributed by atoms with E-state index < -0.39 is 0 Å². The van der Waals surface area contributed by atoms with E-state index in [-0.39, 0.29) is 6.67 Å². The molecule has 2 N–H and O–H groups in total. The summed E-state index contributed by atoms with van der Waals surface area (Å²) in [5, 5.41) is 0. The van der Waals surface area contributed by atoms with Crippen LogP contribution < -0.4 is 5.73 Å². The van der Waals surface area contributed by atoms with E-state index in [9.17, 15) is 4.39 Å². The lowest BCUT2D eigenvalue weighted by Gasteiger charge is -2.34. The van der Waals surface area contributed by atoms with Crippen LogP contribution in [0.1, 0.15) is 24.0 Å². The zero-order chi connectivity index (χ0) is 11.2. The molecule has 0 bridgehead atoms. The fourth-order valence-electron chi connectivity index (χ4n) is 2.93. The fraction of sp³-hybridized carbons (Fsp3) is 0.538. The summed E-state index contributed by atoms with van der Waals surface area (Å²) in [5.41, 5.74) is 9.72. The summed E-state index contributed by atoms with van der Waals surface area (Å²) >= 11 is 0. The number of nitrogens with two attached hydrogens (primary N) is 1. The van der Waals surface area contributed by atoms with Crippen molar-refractivity contribution in [3.8, 4) is 0 Å². The van der Waals surface area contributed by atoms with Gasteiger partial charge in [0.05, 0.1) is 0 Å². The predicted octanol–water partition coefficient (Wildman–Crippen LogP) is 2.09. The van der Waals surface area contributed by atoms with Gasteiger partial charge in [0, 0.05) is 30.7 Å². The number of nitrogens with zero attached hydrogens (tertiary/aromatic N) is 1. The summed E-state index contributed by atoms with van der Waals surface area (Å²) in [7, 11) is 0. The van der Waals surface area contributed by atoms with Crippen molar-refractivity contribution in [1.29, 1.82) is 0 Å². The summed E-state index contributed by atoms with van der Waals surface area (Å²) in [4.78, 5) is 2.22. The van der Waals surface area contributed by atoms with Crippen LogP contribution in [0.4, 0.5) is 10.1 Å². The van der Waals surface area contributed by atoms with Gasteiger partial charge in [-0.3, -0.25) is 4.90 Å². The Hall–Kier alpha value is -1.09. The molecule has 3 heteroatoms. The second kappa shape index (κ2) is 3.45. The Morgan fingerprint density at radius 3 is 2.88 bits per heavy atom. The van der Waals surface area contributed by atoms with Crippen molar-refractivity contribution in [2.75, 3.05) is 25.5 Å². The molecular formula is C13H17FN2. The first kappa shape index (κ1) is 10.1. The first-order valence-electron chi connectivity index (χ1n) is 5.91. The molecule has 1 spiro atoms. The third kappa shape index (κ3) is 1.50. The Kier molecular flexibility index (Phi) is 2.18. The maximum Gasteiger partial charge on any atom is 0.102 e. The van der Waals surface area contributed by atoms with Crippen LogP contribution in [0.5, 0.6) is 0 Å². The average Bonchev–Trinajstić information content (AvgIpc) is 2.98. The minimum atomic E-state index is -0.256. The maximum atomic E-state index is 12.4. The molecule has 2 aliphatic rings. The molecular weight excluding hydrogens is 203 g/mol. The minimum Gasteiger partial charge on any atom is -0.399 e. The van der Waals surface area contributed by atoms with Crippen molar-refractivity contribution < 1.29 is 4.39 Å². The summed E-state index contributed by atoms with van der Waals surface area (Å²) < 4.78 is 12.4. The summed E-state index contributed by atoms with van der Waals surface area (Å²) in [5.74, 6) is 0. The van der Waals surface area contributed by atoms with Crippen molar-refractivity contribution >= 4 is 5.69 Å². The van der Waals surface area contributed by atoms with Crippen molar-refractivity contribution in [3.05, 3.63) is 29.3 Å². The van der Waals surface area contributed by atoms with E-state index in [0.717, 1.165) is 18.8 Å². The molecule has 0 aromatic heterocycles. The van der Waals surface area contributed by atoms with E-state index in [2.05, 4.69) is 17.0 Å². The van der Waals surface area contributed by atoms with Gasteiger partial charge in [0.15, 0.2) is 0 Å². The lowest BCUT2D eigenvalue weighted by Crippen LogP contribution is -2.38. The largest absolute Gasteiger partial charge is 0.399 e. The molecule has 0 unspecified atom stereocenters. The standard InChI is InChI=1S/C13H17FN2/c14-5-6-16-8-10-7-11(15)1-2-12(10)13(9-16)3-4-13/h1-2,7H,3-6,8-9,15H2. The van der Waals surface area contributed by atoms with E-state index in [1.165, 1.54) is 24.0 Å². The van der Waals surface area contributed by atoms with Gasteiger partial charge in [-0.2, -0.15) is 0 Å². The molecule has 1 aliphatic heterocycles.